The van der Waals surface area contributed by atoms with Crippen LogP contribution in [-0.4, -0.2) is 45.3 Å². The Morgan fingerprint density at radius 1 is 1.13 bits per heavy atom. The van der Waals surface area contributed by atoms with E-state index in [0.717, 1.165) is 48.8 Å². The molecule has 0 bridgehead atoms. The van der Waals surface area contributed by atoms with Gasteiger partial charge in [-0.3, -0.25) is 4.57 Å². The van der Waals surface area contributed by atoms with Crippen molar-refractivity contribution in [3.05, 3.63) is 43.0 Å². The smallest absolute Gasteiger partial charge is 0.170 e. The first-order valence-corrected chi connectivity index (χ1v) is 7.93. The molecule has 1 aliphatic heterocycles. The molecule has 23 heavy (non-hydrogen) atoms. The summed E-state index contributed by atoms with van der Waals surface area (Å²) in [5.41, 5.74) is 2.72. The van der Waals surface area contributed by atoms with Gasteiger partial charge in [-0.1, -0.05) is 18.2 Å². The van der Waals surface area contributed by atoms with Crippen LogP contribution in [-0.2, 0) is 4.74 Å². The number of benzene rings is 1. The van der Waals surface area contributed by atoms with Crippen LogP contribution in [0.15, 0.2) is 43.0 Å². The van der Waals surface area contributed by atoms with Gasteiger partial charge in [0.2, 0.25) is 0 Å². The Balaban J connectivity index is 1.79. The van der Waals surface area contributed by atoms with E-state index in [0.29, 0.717) is 0 Å². The highest BCUT2D eigenvalue weighted by Gasteiger charge is 2.20. The number of hydrogen-bond acceptors (Lipinski definition) is 5. The van der Waals surface area contributed by atoms with Gasteiger partial charge in [0.05, 0.1) is 6.10 Å². The minimum atomic E-state index is 0.193. The van der Waals surface area contributed by atoms with Gasteiger partial charge in [0.25, 0.3) is 0 Å². The summed E-state index contributed by atoms with van der Waals surface area (Å²) in [7, 11) is 0. The van der Waals surface area contributed by atoms with Crippen LogP contribution in [0.2, 0.25) is 0 Å². The second-order valence-electron chi connectivity index (χ2n) is 5.80. The van der Waals surface area contributed by atoms with Gasteiger partial charge in [0.1, 0.15) is 12.7 Å². The van der Waals surface area contributed by atoms with Crippen molar-refractivity contribution in [3.63, 3.8) is 0 Å². The summed E-state index contributed by atoms with van der Waals surface area (Å²) in [5, 5.41) is 0. The first-order chi connectivity index (χ1) is 11.3. The molecule has 6 heteroatoms. The maximum Gasteiger partial charge on any atom is 0.170 e. The fourth-order valence-corrected chi connectivity index (χ4v) is 3.02. The van der Waals surface area contributed by atoms with Crippen LogP contribution in [0.25, 0.3) is 16.9 Å². The van der Waals surface area contributed by atoms with E-state index in [1.54, 1.807) is 6.33 Å². The van der Waals surface area contributed by atoms with Crippen LogP contribution >= 0.6 is 0 Å². The van der Waals surface area contributed by atoms with Crippen LogP contribution < -0.4 is 4.90 Å². The zero-order valence-corrected chi connectivity index (χ0v) is 13.1. The maximum absolute atomic E-state index is 5.73. The van der Waals surface area contributed by atoms with Gasteiger partial charge in [-0.05, 0) is 25.5 Å². The number of rotatable bonds is 2. The summed E-state index contributed by atoms with van der Waals surface area (Å²) in [6.45, 7) is 4.64. The predicted octanol–water partition coefficient (Wildman–Crippen LogP) is 2.43. The molecule has 0 spiro atoms. The van der Waals surface area contributed by atoms with Crippen LogP contribution in [0.4, 0.5) is 5.82 Å². The average Bonchev–Trinajstić information content (AvgIpc) is 2.91. The molecule has 1 saturated heterocycles. The molecule has 1 atom stereocenters. The summed E-state index contributed by atoms with van der Waals surface area (Å²) < 4.78 is 7.73. The molecule has 3 aromatic rings. The van der Waals surface area contributed by atoms with E-state index in [9.17, 15) is 0 Å². The van der Waals surface area contributed by atoms with Gasteiger partial charge in [-0.15, -0.1) is 0 Å². The highest BCUT2D eigenvalue weighted by Crippen LogP contribution is 2.25. The highest BCUT2D eigenvalue weighted by atomic mass is 16.5. The molecule has 1 aliphatic rings. The van der Waals surface area contributed by atoms with Crippen molar-refractivity contribution >= 4 is 17.0 Å². The summed E-state index contributed by atoms with van der Waals surface area (Å²) in [5.74, 6) is 0.891. The van der Waals surface area contributed by atoms with E-state index in [1.807, 2.05) is 41.2 Å². The standard InChI is InChI=1S/C17H19N5O/c1-13-10-21(8-5-9-23-13)16-15-17(19-11-18-16)22(12-20-15)14-6-3-2-4-7-14/h2-4,6-7,11-13H,5,8-10H2,1H3/t13-/m1/s1. The van der Waals surface area contributed by atoms with E-state index >= 15 is 0 Å². The molecule has 1 fully saturated rings. The summed E-state index contributed by atoms with van der Waals surface area (Å²) in [6, 6.07) is 10.1. The number of nitrogens with zero attached hydrogens (tertiary/aromatic N) is 5. The summed E-state index contributed by atoms with van der Waals surface area (Å²) in [4.78, 5) is 15.8. The van der Waals surface area contributed by atoms with Crippen molar-refractivity contribution in [3.8, 4) is 5.69 Å². The molecule has 6 nitrogen and oxygen atoms in total. The first-order valence-electron chi connectivity index (χ1n) is 7.93. The molecule has 0 unspecified atom stereocenters. The highest BCUT2D eigenvalue weighted by molar-refractivity contribution is 5.84. The lowest BCUT2D eigenvalue weighted by Crippen LogP contribution is -2.31. The normalized spacial score (nSPS) is 19.0. The maximum atomic E-state index is 5.73. The van der Waals surface area contributed by atoms with Gasteiger partial charge in [-0.2, -0.15) is 0 Å². The molecular formula is C17H19N5O. The Morgan fingerprint density at radius 3 is 2.87 bits per heavy atom. The Bertz CT molecular complexity index is 801. The monoisotopic (exact) mass is 309 g/mol. The van der Waals surface area contributed by atoms with Crippen molar-refractivity contribution in [1.82, 2.24) is 19.5 Å². The number of imidazole rings is 1. The van der Waals surface area contributed by atoms with Crippen molar-refractivity contribution in [2.45, 2.75) is 19.4 Å². The molecule has 0 amide bonds. The molecule has 118 valence electrons. The SMILES string of the molecule is C[C@@H]1CN(c2ncnc3c2ncn3-c2ccccc2)CCCO1. The average molecular weight is 309 g/mol. The molecule has 0 saturated carbocycles. The van der Waals surface area contributed by atoms with Crippen LogP contribution in [0, 0.1) is 0 Å². The first kappa shape index (κ1) is 14.1. The van der Waals surface area contributed by atoms with Crippen molar-refractivity contribution in [1.29, 1.82) is 0 Å². The van der Waals surface area contributed by atoms with Gasteiger partial charge >= 0.3 is 0 Å². The third kappa shape index (κ3) is 2.66. The van der Waals surface area contributed by atoms with Gasteiger partial charge < -0.3 is 9.64 Å². The molecule has 2 aromatic heterocycles. The lowest BCUT2D eigenvalue weighted by molar-refractivity contribution is 0.0820. The molecule has 0 N–H and O–H groups in total. The van der Waals surface area contributed by atoms with E-state index in [1.165, 1.54) is 0 Å². The van der Waals surface area contributed by atoms with Crippen molar-refractivity contribution in [2.75, 3.05) is 24.6 Å². The molecule has 3 heterocycles. The molecule has 4 rings (SSSR count). The van der Waals surface area contributed by atoms with Gasteiger partial charge in [-0.25, -0.2) is 15.0 Å². The molecule has 1 aromatic carbocycles. The van der Waals surface area contributed by atoms with Gasteiger partial charge in [0.15, 0.2) is 17.0 Å². The number of ether oxygens (including phenoxy) is 1. The lowest BCUT2D eigenvalue weighted by atomic mass is 10.3. The third-order valence-electron chi connectivity index (χ3n) is 4.10. The summed E-state index contributed by atoms with van der Waals surface area (Å²) >= 11 is 0. The van der Waals surface area contributed by atoms with E-state index in [2.05, 4.69) is 26.8 Å². The Morgan fingerprint density at radius 2 is 2.00 bits per heavy atom. The zero-order valence-electron chi connectivity index (χ0n) is 13.1. The Kier molecular flexibility index (Phi) is 3.67. The fourth-order valence-electron chi connectivity index (χ4n) is 3.02. The third-order valence-corrected chi connectivity index (χ3v) is 4.10. The second-order valence-corrected chi connectivity index (χ2v) is 5.80. The number of anilines is 1. The minimum Gasteiger partial charge on any atom is -0.377 e. The van der Waals surface area contributed by atoms with Crippen LogP contribution in [0.3, 0.4) is 0 Å². The Hall–Kier alpha value is -2.47. The number of fused-ring (bicyclic) bond motifs is 1. The molecule has 0 aliphatic carbocycles. The quantitative estimate of drug-likeness (QED) is 0.728. The lowest BCUT2D eigenvalue weighted by Gasteiger charge is -2.23. The predicted molar refractivity (Wildman–Crippen MR) is 88.9 cm³/mol. The topological polar surface area (TPSA) is 56.1 Å². The van der Waals surface area contributed by atoms with E-state index in [4.69, 9.17) is 4.74 Å². The second kappa shape index (κ2) is 5.96. The van der Waals surface area contributed by atoms with E-state index in [-0.39, 0.29) is 6.10 Å². The number of aromatic nitrogens is 4. The minimum absolute atomic E-state index is 0.193. The Labute approximate surface area is 134 Å². The van der Waals surface area contributed by atoms with Crippen molar-refractivity contribution in [2.24, 2.45) is 0 Å². The molecular weight excluding hydrogens is 290 g/mol. The number of para-hydroxylation sites is 1. The van der Waals surface area contributed by atoms with Gasteiger partial charge in [0, 0.05) is 25.4 Å². The summed E-state index contributed by atoms with van der Waals surface area (Å²) in [6.07, 6.45) is 4.62. The fraction of sp³-hybridized carbons (Fsp3) is 0.353. The van der Waals surface area contributed by atoms with Crippen LogP contribution in [0.5, 0.6) is 0 Å². The van der Waals surface area contributed by atoms with Crippen molar-refractivity contribution < 1.29 is 4.74 Å². The molecule has 0 radical (unpaired) electrons. The number of hydrogen-bond donors (Lipinski definition) is 0. The largest absolute Gasteiger partial charge is 0.377 e. The zero-order chi connectivity index (χ0) is 15.6. The van der Waals surface area contributed by atoms with Crippen LogP contribution in [0.1, 0.15) is 13.3 Å². The van der Waals surface area contributed by atoms with E-state index < -0.39 is 0 Å².